The van der Waals surface area contributed by atoms with Crippen molar-refractivity contribution in [3.63, 3.8) is 0 Å². The second-order valence-corrected chi connectivity index (χ2v) is 7.27. The highest BCUT2D eigenvalue weighted by atomic mass is 79.9. The van der Waals surface area contributed by atoms with Crippen LogP contribution < -0.4 is 0 Å². The lowest BCUT2D eigenvalue weighted by atomic mass is 10.0. The molecular weight excluding hydrogens is 396 g/mol. The Labute approximate surface area is 144 Å². The predicted molar refractivity (Wildman–Crippen MR) is 87.0 cm³/mol. The predicted octanol–water partition coefficient (Wildman–Crippen LogP) is 1.70. The Hall–Kier alpha value is -0.350. The molecule has 0 aliphatic carbocycles. The van der Waals surface area contributed by atoms with E-state index in [4.69, 9.17) is 16.3 Å². The number of halogens is 2. The van der Waals surface area contributed by atoms with E-state index in [1.165, 1.54) is 11.8 Å². The van der Waals surface area contributed by atoms with Crippen molar-refractivity contribution in [2.45, 2.75) is 29.4 Å². The fraction of sp³-hybridized carbons (Fsp3) is 0.462. The molecule has 6 nitrogen and oxygen atoms in total. The second-order valence-electron chi connectivity index (χ2n) is 4.93. The van der Waals surface area contributed by atoms with Crippen LogP contribution in [0.5, 0.6) is 0 Å². The molecule has 3 rings (SSSR count). The number of aliphatic hydroxyl groups excluding tert-OH is 3. The molecule has 0 bridgehead atoms. The normalized spacial score (nSPS) is 29.1. The molecule has 0 unspecified atom stereocenters. The summed E-state index contributed by atoms with van der Waals surface area (Å²) in [6.07, 6.45) is -4.48. The SMILES string of the molecule is O[C@@H]1[C@H](O)[C@H](O)CO[C@H]1n1c(Br)nc2ccc(SCCl)cc21. The van der Waals surface area contributed by atoms with E-state index < -0.39 is 24.5 Å². The number of aliphatic hydroxyl groups is 3. The minimum atomic E-state index is -1.27. The summed E-state index contributed by atoms with van der Waals surface area (Å²) < 4.78 is 7.64. The summed E-state index contributed by atoms with van der Waals surface area (Å²) in [7, 11) is 0. The first-order chi connectivity index (χ1) is 10.5. The molecule has 0 amide bonds. The van der Waals surface area contributed by atoms with E-state index >= 15 is 0 Å². The molecule has 1 fully saturated rings. The van der Waals surface area contributed by atoms with Crippen LogP contribution in [0.1, 0.15) is 6.23 Å². The van der Waals surface area contributed by atoms with E-state index in [1.54, 1.807) is 4.57 Å². The number of benzene rings is 1. The van der Waals surface area contributed by atoms with Crippen LogP contribution in [-0.4, -0.2) is 55.0 Å². The van der Waals surface area contributed by atoms with Gasteiger partial charge >= 0.3 is 0 Å². The van der Waals surface area contributed by atoms with Crippen LogP contribution in [0.4, 0.5) is 0 Å². The van der Waals surface area contributed by atoms with Crippen LogP contribution >= 0.6 is 39.3 Å². The fourth-order valence-corrected chi connectivity index (χ4v) is 3.90. The molecule has 9 heteroatoms. The summed E-state index contributed by atoms with van der Waals surface area (Å²) in [5, 5.41) is 30.1. The van der Waals surface area contributed by atoms with Gasteiger partial charge in [-0.1, -0.05) is 0 Å². The maximum atomic E-state index is 10.2. The maximum Gasteiger partial charge on any atom is 0.180 e. The average molecular weight is 410 g/mol. The van der Waals surface area contributed by atoms with Gasteiger partial charge in [0, 0.05) is 4.90 Å². The number of hydrogen-bond donors (Lipinski definition) is 3. The Bertz CT molecular complexity index is 685. The van der Waals surface area contributed by atoms with Gasteiger partial charge in [0.25, 0.3) is 0 Å². The van der Waals surface area contributed by atoms with Gasteiger partial charge in [-0.15, -0.1) is 23.4 Å². The molecule has 3 N–H and O–H groups in total. The minimum Gasteiger partial charge on any atom is -0.388 e. The highest BCUT2D eigenvalue weighted by molar-refractivity contribution is 9.10. The molecule has 0 saturated carbocycles. The van der Waals surface area contributed by atoms with Crippen molar-refractivity contribution >= 4 is 50.3 Å². The van der Waals surface area contributed by atoms with E-state index in [1.807, 2.05) is 18.2 Å². The Balaban J connectivity index is 2.05. The Morgan fingerprint density at radius 3 is 2.86 bits per heavy atom. The van der Waals surface area contributed by atoms with Crippen molar-refractivity contribution in [3.05, 3.63) is 22.9 Å². The Kier molecular flexibility index (Phi) is 4.98. The summed E-state index contributed by atoms with van der Waals surface area (Å²) in [5.74, 6) is 0. The number of ether oxygens (including phenoxy) is 1. The van der Waals surface area contributed by atoms with E-state index in [9.17, 15) is 15.3 Å². The first-order valence-corrected chi connectivity index (χ1v) is 8.86. The van der Waals surface area contributed by atoms with Crippen molar-refractivity contribution in [1.82, 2.24) is 9.55 Å². The zero-order valence-corrected chi connectivity index (χ0v) is 14.4. The summed E-state index contributed by atoms with van der Waals surface area (Å²) in [6.45, 7) is -0.0644. The van der Waals surface area contributed by atoms with Crippen molar-refractivity contribution < 1.29 is 20.1 Å². The molecule has 1 aliphatic rings. The van der Waals surface area contributed by atoms with Crippen LogP contribution in [0.3, 0.4) is 0 Å². The third-order valence-corrected chi connectivity index (χ3v) is 5.15. The Morgan fingerprint density at radius 2 is 2.14 bits per heavy atom. The van der Waals surface area contributed by atoms with E-state index in [2.05, 4.69) is 20.9 Å². The second kappa shape index (κ2) is 6.64. The largest absolute Gasteiger partial charge is 0.388 e. The number of aromatic nitrogens is 2. The third kappa shape index (κ3) is 2.89. The van der Waals surface area contributed by atoms with Crippen LogP contribution in [0.15, 0.2) is 27.8 Å². The first-order valence-electron chi connectivity index (χ1n) is 6.55. The molecule has 4 atom stereocenters. The standard InChI is InChI=1S/C13H14BrClN2O4S/c14-13-16-7-2-1-6(22-5-15)3-8(7)17(13)12-11(20)10(19)9(18)4-21-12/h1-3,9-12,18-20H,4-5H2/t9-,10-,11-,12-/m1/s1. The van der Waals surface area contributed by atoms with E-state index in [-0.39, 0.29) is 6.61 Å². The van der Waals surface area contributed by atoms with Crippen molar-refractivity contribution in [2.24, 2.45) is 0 Å². The quantitative estimate of drug-likeness (QED) is 0.528. The molecule has 120 valence electrons. The first kappa shape index (κ1) is 16.5. The van der Waals surface area contributed by atoms with Gasteiger partial charge in [0.05, 0.1) is 22.9 Å². The zero-order valence-electron chi connectivity index (χ0n) is 11.3. The van der Waals surface area contributed by atoms with Crippen LogP contribution in [0, 0.1) is 0 Å². The highest BCUT2D eigenvalue weighted by Gasteiger charge is 2.39. The molecule has 1 aromatic carbocycles. The molecule has 2 heterocycles. The molecule has 1 saturated heterocycles. The van der Waals surface area contributed by atoms with Gasteiger partial charge in [-0.3, -0.25) is 4.57 Å². The number of rotatable bonds is 3. The number of nitrogens with zero attached hydrogens (tertiary/aromatic N) is 2. The van der Waals surface area contributed by atoms with Gasteiger partial charge in [-0.2, -0.15) is 0 Å². The topological polar surface area (TPSA) is 87.7 Å². The molecule has 22 heavy (non-hydrogen) atoms. The summed E-state index contributed by atoms with van der Waals surface area (Å²) in [5.41, 5.74) is 1.47. The van der Waals surface area contributed by atoms with Gasteiger partial charge < -0.3 is 20.1 Å². The third-order valence-electron chi connectivity index (χ3n) is 3.57. The van der Waals surface area contributed by atoms with Gasteiger partial charge in [-0.05, 0) is 34.1 Å². The maximum absolute atomic E-state index is 10.2. The molecule has 2 aromatic rings. The van der Waals surface area contributed by atoms with E-state index in [0.717, 1.165) is 15.9 Å². The lowest BCUT2D eigenvalue weighted by molar-refractivity contribution is -0.210. The van der Waals surface area contributed by atoms with Crippen molar-refractivity contribution in [1.29, 1.82) is 0 Å². The number of fused-ring (bicyclic) bond motifs is 1. The summed E-state index contributed by atoms with van der Waals surface area (Å²) in [6, 6.07) is 5.66. The van der Waals surface area contributed by atoms with E-state index in [0.29, 0.717) is 9.95 Å². The summed E-state index contributed by atoms with van der Waals surface area (Å²) >= 11 is 10.6. The minimum absolute atomic E-state index is 0.0644. The van der Waals surface area contributed by atoms with Crippen LogP contribution in [-0.2, 0) is 4.74 Å². The summed E-state index contributed by atoms with van der Waals surface area (Å²) in [4.78, 5) is 5.33. The Morgan fingerprint density at radius 1 is 1.36 bits per heavy atom. The molecule has 1 aliphatic heterocycles. The highest BCUT2D eigenvalue weighted by Crippen LogP contribution is 2.33. The van der Waals surface area contributed by atoms with Crippen LogP contribution in [0.25, 0.3) is 11.0 Å². The van der Waals surface area contributed by atoms with Crippen molar-refractivity contribution in [3.8, 4) is 0 Å². The molecular formula is C13H14BrClN2O4S. The zero-order chi connectivity index (χ0) is 15.9. The number of imidazole rings is 1. The number of alkyl halides is 1. The lowest BCUT2D eigenvalue weighted by Gasteiger charge is -2.36. The average Bonchev–Trinajstić information content (AvgIpc) is 2.81. The smallest absolute Gasteiger partial charge is 0.180 e. The number of hydrogen-bond acceptors (Lipinski definition) is 6. The number of thioether (sulfide) groups is 1. The molecule has 1 aromatic heterocycles. The van der Waals surface area contributed by atoms with Crippen molar-refractivity contribution in [2.75, 3.05) is 11.8 Å². The van der Waals surface area contributed by atoms with Gasteiger partial charge in [0.15, 0.2) is 11.0 Å². The van der Waals surface area contributed by atoms with Gasteiger partial charge in [-0.25, -0.2) is 4.98 Å². The fourth-order valence-electron chi connectivity index (χ4n) is 2.46. The van der Waals surface area contributed by atoms with Gasteiger partial charge in [0.2, 0.25) is 0 Å². The monoisotopic (exact) mass is 408 g/mol. The lowest BCUT2D eigenvalue weighted by Crippen LogP contribution is -2.50. The van der Waals surface area contributed by atoms with Gasteiger partial charge in [0.1, 0.15) is 18.3 Å². The van der Waals surface area contributed by atoms with Crippen LogP contribution in [0.2, 0.25) is 0 Å². The molecule has 0 radical (unpaired) electrons. The molecule has 0 spiro atoms.